The molecule has 0 unspecified atom stereocenters. The average molecular weight is 193 g/mol. The molecule has 0 saturated heterocycles. The molecule has 0 aliphatic carbocycles. The summed E-state index contributed by atoms with van der Waals surface area (Å²) in [6, 6.07) is 3.41. The fraction of sp³-hybridized carbons (Fsp3) is 0.400. The van der Waals surface area contributed by atoms with Crippen LogP contribution in [-0.2, 0) is 0 Å². The first-order chi connectivity index (χ1) is 6.43. The molecule has 0 aromatic carbocycles. The third-order valence-electron chi connectivity index (χ3n) is 1.85. The smallest absolute Gasteiger partial charge is 0.269 e. The van der Waals surface area contributed by atoms with Crippen LogP contribution < -0.4 is 5.84 Å². The number of rotatable bonds is 1. The van der Waals surface area contributed by atoms with Crippen LogP contribution in [0, 0.1) is 0 Å². The molecule has 0 atom stereocenters. The minimum atomic E-state index is -0.382. The molecule has 0 aliphatic heterocycles. The highest BCUT2D eigenvalue weighted by Gasteiger charge is 2.24. The molecule has 14 heavy (non-hydrogen) atoms. The van der Waals surface area contributed by atoms with E-state index in [9.17, 15) is 4.79 Å². The molecular formula is C10H15N3O. The fourth-order valence-corrected chi connectivity index (χ4v) is 0.933. The quantitative estimate of drug-likeness (QED) is 0.414. The largest absolute Gasteiger partial charge is 0.271 e. The van der Waals surface area contributed by atoms with Gasteiger partial charge in [0.15, 0.2) is 0 Å². The van der Waals surface area contributed by atoms with Gasteiger partial charge in [-0.3, -0.25) is 14.8 Å². The Labute approximate surface area is 83.7 Å². The summed E-state index contributed by atoms with van der Waals surface area (Å²) in [5, 5.41) is 1.21. The molecule has 0 bridgehead atoms. The van der Waals surface area contributed by atoms with Crippen LogP contribution >= 0.6 is 0 Å². The van der Waals surface area contributed by atoms with Gasteiger partial charge in [0.25, 0.3) is 5.91 Å². The molecular weight excluding hydrogens is 178 g/mol. The molecule has 1 rings (SSSR count). The van der Waals surface area contributed by atoms with Gasteiger partial charge in [-0.15, -0.1) is 0 Å². The number of hydrazine groups is 1. The Balaban J connectivity index is 2.87. The van der Waals surface area contributed by atoms with Gasteiger partial charge >= 0.3 is 0 Å². The highest BCUT2D eigenvalue weighted by Crippen LogP contribution is 2.11. The van der Waals surface area contributed by atoms with E-state index in [0.717, 1.165) is 0 Å². The van der Waals surface area contributed by atoms with Gasteiger partial charge < -0.3 is 0 Å². The predicted molar refractivity (Wildman–Crippen MR) is 54.3 cm³/mol. The Morgan fingerprint density at radius 1 is 1.50 bits per heavy atom. The molecule has 0 aliphatic rings. The highest BCUT2D eigenvalue weighted by molar-refractivity contribution is 5.93. The van der Waals surface area contributed by atoms with Gasteiger partial charge in [-0.25, -0.2) is 5.84 Å². The van der Waals surface area contributed by atoms with E-state index in [1.54, 1.807) is 18.3 Å². The predicted octanol–water partition coefficient (Wildman–Crippen LogP) is 1.20. The molecule has 1 aromatic heterocycles. The van der Waals surface area contributed by atoms with Gasteiger partial charge in [0.2, 0.25) is 0 Å². The summed E-state index contributed by atoms with van der Waals surface area (Å²) in [4.78, 5) is 15.6. The monoisotopic (exact) mass is 193 g/mol. The van der Waals surface area contributed by atoms with E-state index in [1.807, 2.05) is 20.8 Å². The Morgan fingerprint density at radius 3 is 2.57 bits per heavy atom. The number of amides is 1. The zero-order chi connectivity index (χ0) is 10.8. The highest BCUT2D eigenvalue weighted by atomic mass is 16.2. The number of nitrogens with two attached hydrogens (primary N) is 1. The van der Waals surface area contributed by atoms with Crippen molar-refractivity contribution < 1.29 is 4.79 Å². The van der Waals surface area contributed by atoms with Gasteiger partial charge in [0.05, 0.1) is 11.1 Å². The first-order valence-electron chi connectivity index (χ1n) is 4.42. The van der Waals surface area contributed by atoms with Crippen LogP contribution in [0.3, 0.4) is 0 Å². The maximum Gasteiger partial charge on any atom is 0.269 e. The summed E-state index contributed by atoms with van der Waals surface area (Å²) in [7, 11) is 0. The summed E-state index contributed by atoms with van der Waals surface area (Å²) in [5.41, 5.74) is 0.123. The molecule has 4 nitrogen and oxygen atoms in total. The van der Waals surface area contributed by atoms with Crippen molar-refractivity contribution >= 4 is 5.91 Å². The van der Waals surface area contributed by atoms with Crippen molar-refractivity contribution in [3.63, 3.8) is 0 Å². The van der Waals surface area contributed by atoms with Crippen molar-refractivity contribution in [1.82, 2.24) is 9.99 Å². The topological polar surface area (TPSA) is 59.2 Å². The molecule has 0 spiro atoms. The Morgan fingerprint density at radius 2 is 2.14 bits per heavy atom. The lowest BCUT2D eigenvalue weighted by molar-refractivity contribution is 0.0581. The summed E-state index contributed by atoms with van der Waals surface area (Å²) in [5.74, 6) is 5.47. The summed E-state index contributed by atoms with van der Waals surface area (Å²) < 4.78 is 0. The zero-order valence-corrected chi connectivity index (χ0v) is 8.69. The number of pyridine rings is 1. The molecule has 0 fully saturated rings. The molecule has 1 heterocycles. The van der Waals surface area contributed by atoms with E-state index in [-0.39, 0.29) is 11.4 Å². The van der Waals surface area contributed by atoms with E-state index < -0.39 is 0 Å². The van der Waals surface area contributed by atoms with Crippen molar-refractivity contribution in [2.75, 3.05) is 0 Å². The maximum absolute atomic E-state index is 11.8. The van der Waals surface area contributed by atoms with Gasteiger partial charge in [0, 0.05) is 12.4 Å². The summed E-state index contributed by atoms with van der Waals surface area (Å²) >= 11 is 0. The van der Waals surface area contributed by atoms with Crippen molar-refractivity contribution in [2.24, 2.45) is 5.84 Å². The van der Waals surface area contributed by atoms with Crippen LogP contribution in [0.1, 0.15) is 31.1 Å². The van der Waals surface area contributed by atoms with E-state index >= 15 is 0 Å². The third kappa shape index (κ3) is 2.29. The molecule has 1 aromatic rings. The molecule has 4 heteroatoms. The number of carbonyl (C=O) groups excluding carboxylic acids is 1. The molecule has 1 amide bonds. The molecule has 0 radical (unpaired) electrons. The zero-order valence-electron chi connectivity index (χ0n) is 8.69. The third-order valence-corrected chi connectivity index (χ3v) is 1.85. The maximum atomic E-state index is 11.8. The lowest BCUT2D eigenvalue weighted by Crippen LogP contribution is -2.50. The number of nitrogens with zero attached hydrogens (tertiary/aromatic N) is 2. The normalized spacial score (nSPS) is 11.1. The first kappa shape index (κ1) is 10.7. The Hall–Kier alpha value is -1.42. The number of carbonyl (C=O) groups is 1. The van der Waals surface area contributed by atoms with Crippen molar-refractivity contribution in [3.05, 3.63) is 30.1 Å². The molecule has 0 saturated carbocycles. The summed E-state index contributed by atoms with van der Waals surface area (Å²) in [6.07, 6.45) is 3.13. The minimum absolute atomic E-state index is 0.217. The van der Waals surface area contributed by atoms with Crippen LogP contribution in [0.15, 0.2) is 24.5 Å². The van der Waals surface area contributed by atoms with E-state index in [0.29, 0.717) is 5.56 Å². The second kappa shape index (κ2) is 3.75. The minimum Gasteiger partial charge on any atom is -0.271 e. The SMILES string of the molecule is CC(C)(C)N(N)C(=O)c1cccnc1. The van der Waals surface area contributed by atoms with Crippen LogP contribution in [0.25, 0.3) is 0 Å². The van der Waals surface area contributed by atoms with Gasteiger partial charge in [-0.2, -0.15) is 0 Å². The summed E-state index contributed by atoms with van der Waals surface area (Å²) in [6.45, 7) is 5.63. The van der Waals surface area contributed by atoms with Gasteiger partial charge in [0.1, 0.15) is 0 Å². The van der Waals surface area contributed by atoms with Crippen molar-refractivity contribution in [3.8, 4) is 0 Å². The average Bonchev–Trinajstić information content (AvgIpc) is 2.15. The number of hydrogen-bond donors (Lipinski definition) is 1. The fourth-order valence-electron chi connectivity index (χ4n) is 0.933. The standard InChI is InChI=1S/C10H15N3O/c1-10(2,3)13(11)9(14)8-5-4-6-12-7-8/h4-7H,11H2,1-3H3. The number of hydrogen-bond acceptors (Lipinski definition) is 3. The first-order valence-corrected chi connectivity index (χ1v) is 4.42. The number of aromatic nitrogens is 1. The lowest BCUT2D eigenvalue weighted by atomic mass is 10.1. The second-order valence-corrected chi connectivity index (χ2v) is 4.09. The molecule has 2 N–H and O–H groups in total. The second-order valence-electron chi connectivity index (χ2n) is 4.09. The van der Waals surface area contributed by atoms with Crippen LogP contribution in [0.5, 0.6) is 0 Å². The van der Waals surface area contributed by atoms with E-state index in [4.69, 9.17) is 5.84 Å². The van der Waals surface area contributed by atoms with Crippen LogP contribution in [0.4, 0.5) is 0 Å². The van der Waals surface area contributed by atoms with Crippen molar-refractivity contribution in [1.29, 1.82) is 0 Å². The molecule has 76 valence electrons. The van der Waals surface area contributed by atoms with Crippen LogP contribution in [0.2, 0.25) is 0 Å². The Bertz CT molecular complexity index is 316. The van der Waals surface area contributed by atoms with E-state index in [1.165, 1.54) is 11.2 Å². The van der Waals surface area contributed by atoms with Crippen molar-refractivity contribution in [2.45, 2.75) is 26.3 Å². The lowest BCUT2D eigenvalue weighted by Gasteiger charge is -2.30. The Kier molecular flexibility index (Phi) is 2.86. The van der Waals surface area contributed by atoms with Gasteiger partial charge in [-0.05, 0) is 32.9 Å². The van der Waals surface area contributed by atoms with E-state index in [2.05, 4.69) is 4.98 Å². The van der Waals surface area contributed by atoms with Crippen LogP contribution in [-0.4, -0.2) is 21.4 Å². The van der Waals surface area contributed by atoms with Gasteiger partial charge in [-0.1, -0.05) is 0 Å².